The molecule has 0 heterocycles. The van der Waals surface area contributed by atoms with Crippen LogP contribution in [-0.4, -0.2) is 25.3 Å². The number of rotatable bonds is 13. The highest BCUT2D eigenvalue weighted by Crippen LogP contribution is 2.31. The standard InChI is InChI=1S/C16H33BrO2/c1-5-6-7-8-9-10-12-15(13-11-14-17)16(2,18-3)19-4/h15H,5-14H2,1-4H3. The van der Waals surface area contributed by atoms with Gasteiger partial charge in [0.15, 0.2) is 5.79 Å². The van der Waals surface area contributed by atoms with Crippen LogP contribution in [0.3, 0.4) is 0 Å². The number of halogens is 1. The molecule has 116 valence electrons. The lowest BCUT2D eigenvalue weighted by atomic mass is 9.89. The van der Waals surface area contributed by atoms with E-state index in [2.05, 4.69) is 29.8 Å². The fraction of sp³-hybridized carbons (Fsp3) is 1.00. The maximum atomic E-state index is 5.60. The highest BCUT2D eigenvalue weighted by molar-refractivity contribution is 9.09. The topological polar surface area (TPSA) is 18.5 Å². The molecule has 0 fully saturated rings. The van der Waals surface area contributed by atoms with Crippen molar-refractivity contribution in [2.75, 3.05) is 19.5 Å². The summed E-state index contributed by atoms with van der Waals surface area (Å²) in [6.45, 7) is 4.34. The van der Waals surface area contributed by atoms with E-state index in [-0.39, 0.29) is 0 Å². The van der Waals surface area contributed by atoms with Crippen LogP contribution in [0.25, 0.3) is 0 Å². The molecule has 0 aliphatic carbocycles. The molecule has 0 aromatic heterocycles. The van der Waals surface area contributed by atoms with Crippen LogP contribution in [0.4, 0.5) is 0 Å². The number of ether oxygens (including phenoxy) is 2. The Bertz CT molecular complexity index is 193. The number of hydrogen-bond donors (Lipinski definition) is 0. The second kappa shape index (κ2) is 12.2. The largest absolute Gasteiger partial charge is 0.353 e. The van der Waals surface area contributed by atoms with E-state index in [1.165, 1.54) is 57.8 Å². The summed E-state index contributed by atoms with van der Waals surface area (Å²) < 4.78 is 11.2. The van der Waals surface area contributed by atoms with E-state index in [9.17, 15) is 0 Å². The third-order valence-electron chi connectivity index (χ3n) is 4.14. The molecule has 1 unspecified atom stereocenters. The molecule has 2 nitrogen and oxygen atoms in total. The van der Waals surface area contributed by atoms with Gasteiger partial charge < -0.3 is 9.47 Å². The Morgan fingerprint density at radius 1 is 0.895 bits per heavy atom. The van der Waals surface area contributed by atoms with Gasteiger partial charge in [-0.15, -0.1) is 0 Å². The molecule has 0 saturated carbocycles. The second-order valence-electron chi connectivity index (χ2n) is 5.51. The minimum absolute atomic E-state index is 0.425. The first kappa shape index (κ1) is 19.4. The first-order valence-corrected chi connectivity index (χ1v) is 8.93. The molecular formula is C16H33BrO2. The van der Waals surface area contributed by atoms with Crippen molar-refractivity contribution in [3.8, 4) is 0 Å². The van der Waals surface area contributed by atoms with E-state index in [1.807, 2.05) is 0 Å². The summed E-state index contributed by atoms with van der Waals surface area (Å²) >= 11 is 3.52. The maximum Gasteiger partial charge on any atom is 0.167 e. The third kappa shape index (κ3) is 8.31. The van der Waals surface area contributed by atoms with E-state index in [4.69, 9.17) is 9.47 Å². The molecule has 0 aliphatic heterocycles. The Kier molecular flexibility index (Phi) is 12.4. The zero-order valence-electron chi connectivity index (χ0n) is 13.3. The Balaban J connectivity index is 4.05. The smallest absolute Gasteiger partial charge is 0.167 e. The van der Waals surface area contributed by atoms with Crippen molar-refractivity contribution in [2.24, 2.45) is 5.92 Å². The lowest BCUT2D eigenvalue weighted by molar-refractivity contribution is -0.230. The molecule has 0 N–H and O–H groups in total. The Labute approximate surface area is 128 Å². The summed E-state index contributed by atoms with van der Waals surface area (Å²) in [5.74, 6) is 0.0669. The van der Waals surface area contributed by atoms with Gasteiger partial charge in [-0.3, -0.25) is 0 Å². The molecule has 1 atom stereocenters. The van der Waals surface area contributed by atoms with E-state index in [0.717, 1.165) is 5.33 Å². The van der Waals surface area contributed by atoms with Crippen LogP contribution in [-0.2, 0) is 9.47 Å². The number of methoxy groups -OCH3 is 2. The number of hydrogen-bond acceptors (Lipinski definition) is 2. The molecule has 0 radical (unpaired) electrons. The van der Waals surface area contributed by atoms with Gasteiger partial charge in [0.2, 0.25) is 0 Å². The lowest BCUT2D eigenvalue weighted by Crippen LogP contribution is -2.39. The summed E-state index contributed by atoms with van der Waals surface area (Å²) in [4.78, 5) is 0. The van der Waals surface area contributed by atoms with E-state index >= 15 is 0 Å². The number of unbranched alkanes of at least 4 members (excludes halogenated alkanes) is 5. The van der Waals surface area contributed by atoms with Crippen LogP contribution >= 0.6 is 15.9 Å². The molecule has 0 aliphatic rings. The second-order valence-corrected chi connectivity index (χ2v) is 6.30. The fourth-order valence-corrected chi connectivity index (χ4v) is 2.90. The molecule has 0 amide bonds. The average molecular weight is 337 g/mol. The van der Waals surface area contributed by atoms with Gasteiger partial charge in [0.05, 0.1) is 0 Å². The molecule has 0 rings (SSSR count). The van der Waals surface area contributed by atoms with Gasteiger partial charge in [-0.1, -0.05) is 61.4 Å². The van der Waals surface area contributed by atoms with Gasteiger partial charge in [-0.25, -0.2) is 0 Å². The van der Waals surface area contributed by atoms with Crippen molar-refractivity contribution in [1.82, 2.24) is 0 Å². The SMILES string of the molecule is CCCCCCCCC(CCCBr)C(C)(OC)OC. The monoisotopic (exact) mass is 336 g/mol. The van der Waals surface area contributed by atoms with Gasteiger partial charge in [-0.2, -0.15) is 0 Å². The highest BCUT2D eigenvalue weighted by Gasteiger charge is 2.33. The molecule has 0 saturated heterocycles. The average Bonchev–Trinajstić information content (AvgIpc) is 2.45. The summed E-state index contributed by atoms with van der Waals surface area (Å²) in [6.07, 6.45) is 11.6. The fourth-order valence-electron chi connectivity index (χ4n) is 2.58. The summed E-state index contributed by atoms with van der Waals surface area (Å²) in [7, 11) is 3.51. The highest BCUT2D eigenvalue weighted by atomic mass is 79.9. The van der Waals surface area contributed by atoms with Gasteiger partial charge in [-0.05, 0) is 26.2 Å². The minimum atomic E-state index is -0.425. The quantitative estimate of drug-likeness (QED) is 0.250. The van der Waals surface area contributed by atoms with E-state index in [0.29, 0.717) is 5.92 Å². The van der Waals surface area contributed by atoms with Crippen molar-refractivity contribution in [3.63, 3.8) is 0 Å². The zero-order chi connectivity index (χ0) is 14.6. The number of alkyl halides is 1. The van der Waals surface area contributed by atoms with Gasteiger partial charge >= 0.3 is 0 Å². The zero-order valence-corrected chi connectivity index (χ0v) is 14.9. The van der Waals surface area contributed by atoms with E-state index < -0.39 is 5.79 Å². The molecular weight excluding hydrogens is 304 g/mol. The Hall–Kier alpha value is 0.400. The molecule has 19 heavy (non-hydrogen) atoms. The normalized spacial score (nSPS) is 13.7. The van der Waals surface area contributed by atoms with Crippen molar-refractivity contribution in [1.29, 1.82) is 0 Å². The maximum absolute atomic E-state index is 5.60. The molecule has 0 bridgehead atoms. The Morgan fingerprint density at radius 2 is 1.42 bits per heavy atom. The molecule has 0 aromatic rings. The lowest BCUT2D eigenvalue weighted by Gasteiger charge is -2.35. The summed E-state index contributed by atoms with van der Waals surface area (Å²) in [5.41, 5.74) is 0. The van der Waals surface area contributed by atoms with Crippen molar-refractivity contribution < 1.29 is 9.47 Å². The predicted octanol–water partition coefficient (Wildman–Crippen LogP) is 5.54. The summed E-state index contributed by atoms with van der Waals surface area (Å²) in [5, 5.41) is 1.06. The first-order valence-electron chi connectivity index (χ1n) is 7.80. The van der Waals surface area contributed by atoms with Crippen molar-refractivity contribution >= 4 is 15.9 Å². The van der Waals surface area contributed by atoms with Gasteiger partial charge in [0.1, 0.15) is 0 Å². The van der Waals surface area contributed by atoms with Crippen LogP contribution in [0.5, 0.6) is 0 Å². The van der Waals surface area contributed by atoms with Crippen LogP contribution in [0.15, 0.2) is 0 Å². The van der Waals surface area contributed by atoms with Gasteiger partial charge in [0, 0.05) is 25.5 Å². The molecule has 0 spiro atoms. The van der Waals surface area contributed by atoms with Crippen LogP contribution in [0.1, 0.15) is 71.6 Å². The van der Waals surface area contributed by atoms with Crippen molar-refractivity contribution in [2.45, 2.75) is 77.4 Å². The third-order valence-corrected chi connectivity index (χ3v) is 4.71. The summed E-state index contributed by atoms with van der Waals surface area (Å²) in [6, 6.07) is 0. The first-order chi connectivity index (χ1) is 9.14. The molecule has 3 heteroatoms. The van der Waals surface area contributed by atoms with Crippen LogP contribution < -0.4 is 0 Å². The minimum Gasteiger partial charge on any atom is -0.353 e. The van der Waals surface area contributed by atoms with Crippen LogP contribution in [0.2, 0.25) is 0 Å². The van der Waals surface area contributed by atoms with Crippen molar-refractivity contribution in [3.05, 3.63) is 0 Å². The van der Waals surface area contributed by atoms with Crippen LogP contribution in [0, 0.1) is 5.92 Å². The van der Waals surface area contributed by atoms with Gasteiger partial charge in [0.25, 0.3) is 0 Å². The molecule has 0 aromatic carbocycles. The Morgan fingerprint density at radius 3 is 1.95 bits per heavy atom. The van der Waals surface area contributed by atoms with E-state index in [1.54, 1.807) is 14.2 Å². The predicted molar refractivity (Wildman–Crippen MR) is 86.9 cm³/mol.